The van der Waals surface area contributed by atoms with Gasteiger partial charge in [-0.1, -0.05) is 19.1 Å². The van der Waals surface area contributed by atoms with Gasteiger partial charge in [-0.3, -0.25) is 0 Å². The lowest BCUT2D eigenvalue weighted by Gasteiger charge is -2.07. The molecule has 0 bridgehead atoms. The zero-order valence-electron chi connectivity index (χ0n) is 10.6. The lowest BCUT2D eigenvalue weighted by atomic mass is 10.2. The van der Waals surface area contributed by atoms with Gasteiger partial charge in [-0.25, -0.2) is 4.98 Å². The van der Waals surface area contributed by atoms with E-state index in [1.165, 1.54) is 0 Å². The standard InChI is InChI=1S/C14H14N4O/c1-2-8-16-14-17-9-7-13(18-14)19-12-6-4-3-5-11(12)10-15/h3-7,9H,2,8H2,1H3,(H,16,17,18). The van der Waals surface area contributed by atoms with Gasteiger partial charge in [-0.15, -0.1) is 0 Å². The van der Waals surface area contributed by atoms with Gasteiger partial charge < -0.3 is 10.1 Å². The lowest BCUT2D eigenvalue weighted by Crippen LogP contribution is -2.04. The molecule has 0 aliphatic rings. The number of aromatic nitrogens is 2. The number of anilines is 1. The van der Waals surface area contributed by atoms with E-state index in [4.69, 9.17) is 10.00 Å². The van der Waals surface area contributed by atoms with Gasteiger partial charge in [0.15, 0.2) is 0 Å². The molecule has 2 aromatic rings. The van der Waals surface area contributed by atoms with Gasteiger partial charge >= 0.3 is 0 Å². The fraction of sp³-hybridized carbons (Fsp3) is 0.214. The third kappa shape index (κ3) is 3.42. The highest BCUT2D eigenvalue weighted by Gasteiger charge is 2.05. The van der Waals surface area contributed by atoms with Crippen molar-refractivity contribution in [2.75, 3.05) is 11.9 Å². The molecule has 5 nitrogen and oxygen atoms in total. The Bertz CT molecular complexity index is 592. The van der Waals surface area contributed by atoms with Crippen molar-refractivity contribution < 1.29 is 4.74 Å². The molecule has 0 aliphatic carbocycles. The largest absolute Gasteiger partial charge is 0.437 e. The Hall–Kier alpha value is -2.61. The average molecular weight is 254 g/mol. The van der Waals surface area contributed by atoms with Gasteiger partial charge in [-0.2, -0.15) is 10.2 Å². The van der Waals surface area contributed by atoms with E-state index < -0.39 is 0 Å². The Morgan fingerprint density at radius 3 is 2.95 bits per heavy atom. The Labute approximate surface area is 111 Å². The molecule has 2 rings (SSSR count). The minimum Gasteiger partial charge on any atom is -0.437 e. The zero-order valence-corrected chi connectivity index (χ0v) is 10.6. The molecule has 0 spiro atoms. The molecule has 0 unspecified atom stereocenters. The van der Waals surface area contributed by atoms with Gasteiger partial charge in [-0.05, 0) is 18.6 Å². The van der Waals surface area contributed by atoms with Gasteiger partial charge in [0, 0.05) is 18.8 Å². The van der Waals surface area contributed by atoms with E-state index in [2.05, 4.69) is 28.3 Å². The molecule has 0 amide bonds. The molecule has 1 aromatic heterocycles. The van der Waals surface area contributed by atoms with Gasteiger partial charge in [0.2, 0.25) is 11.8 Å². The molecule has 1 N–H and O–H groups in total. The fourth-order valence-electron chi connectivity index (χ4n) is 1.48. The summed E-state index contributed by atoms with van der Waals surface area (Å²) in [5.41, 5.74) is 0.476. The summed E-state index contributed by atoms with van der Waals surface area (Å²) >= 11 is 0. The molecule has 0 aliphatic heterocycles. The fourth-order valence-corrected chi connectivity index (χ4v) is 1.48. The van der Waals surface area contributed by atoms with Crippen molar-refractivity contribution in [2.24, 2.45) is 0 Å². The number of rotatable bonds is 5. The maximum Gasteiger partial charge on any atom is 0.225 e. The highest BCUT2D eigenvalue weighted by atomic mass is 16.5. The number of nitriles is 1. The van der Waals surface area contributed by atoms with Crippen LogP contribution in [-0.2, 0) is 0 Å². The smallest absolute Gasteiger partial charge is 0.225 e. The van der Waals surface area contributed by atoms with Crippen molar-refractivity contribution >= 4 is 5.95 Å². The Morgan fingerprint density at radius 2 is 2.16 bits per heavy atom. The van der Waals surface area contributed by atoms with Crippen LogP contribution < -0.4 is 10.1 Å². The van der Waals surface area contributed by atoms with E-state index >= 15 is 0 Å². The van der Waals surface area contributed by atoms with Crippen molar-refractivity contribution in [3.05, 3.63) is 42.1 Å². The van der Waals surface area contributed by atoms with E-state index in [9.17, 15) is 0 Å². The Morgan fingerprint density at radius 1 is 1.32 bits per heavy atom. The molecular weight excluding hydrogens is 240 g/mol. The zero-order chi connectivity index (χ0) is 13.5. The second-order valence-electron chi connectivity index (χ2n) is 3.86. The molecule has 0 fully saturated rings. The number of para-hydroxylation sites is 1. The Kier molecular flexibility index (Phi) is 4.29. The lowest BCUT2D eigenvalue weighted by molar-refractivity contribution is 0.461. The van der Waals surface area contributed by atoms with Gasteiger partial charge in [0.25, 0.3) is 0 Å². The first kappa shape index (κ1) is 12.8. The molecule has 0 saturated carbocycles. The number of ether oxygens (including phenoxy) is 1. The second kappa shape index (κ2) is 6.36. The van der Waals surface area contributed by atoms with Crippen molar-refractivity contribution in [2.45, 2.75) is 13.3 Å². The summed E-state index contributed by atoms with van der Waals surface area (Å²) in [6.45, 7) is 2.87. The molecule has 96 valence electrons. The van der Waals surface area contributed by atoms with Gasteiger partial charge in [0.05, 0.1) is 5.56 Å². The van der Waals surface area contributed by atoms with Gasteiger partial charge in [0.1, 0.15) is 11.8 Å². The summed E-state index contributed by atoms with van der Waals surface area (Å²) < 4.78 is 5.61. The van der Waals surface area contributed by atoms with E-state index in [1.54, 1.807) is 30.5 Å². The number of nitrogens with zero attached hydrogens (tertiary/aromatic N) is 3. The molecular formula is C14H14N4O. The number of benzene rings is 1. The van der Waals surface area contributed by atoms with Crippen molar-refractivity contribution in [3.63, 3.8) is 0 Å². The monoisotopic (exact) mass is 254 g/mol. The third-order valence-corrected chi connectivity index (χ3v) is 2.39. The van der Waals surface area contributed by atoms with Crippen molar-refractivity contribution in [3.8, 4) is 17.7 Å². The van der Waals surface area contributed by atoms with Crippen LogP contribution in [-0.4, -0.2) is 16.5 Å². The molecule has 19 heavy (non-hydrogen) atoms. The highest BCUT2D eigenvalue weighted by molar-refractivity contribution is 5.44. The molecule has 0 atom stereocenters. The van der Waals surface area contributed by atoms with Crippen molar-refractivity contribution in [1.29, 1.82) is 5.26 Å². The van der Waals surface area contributed by atoms with E-state index in [1.807, 2.05) is 6.07 Å². The summed E-state index contributed by atoms with van der Waals surface area (Å²) in [6.07, 6.45) is 2.61. The van der Waals surface area contributed by atoms with Crippen LogP contribution in [0, 0.1) is 11.3 Å². The highest BCUT2D eigenvalue weighted by Crippen LogP contribution is 2.23. The van der Waals surface area contributed by atoms with Crippen LogP contribution in [0.15, 0.2) is 36.5 Å². The topological polar surface area (TPSA) is 70.8 Å². The maximum absolute atomic E-state index is 8.99. The quantitative estimate of drug-likeness (QED) is 0.888. The minimum atomic E-state index is 0.413. The Balaban J connectivity index is 2.17. The number of hydrogen-bond acceptors (Lipinski definition) is 5. The molecule has 0 saturated heterocycles. The minimum absolute atomic E-state index is 0.413. The summed E-state index contributed by atoms with van der Waals surface area (Å²) in [5.74, 6) is 1.43. The van der Waals surface area contributed by atoms with Crippen LogP contribution in [0.4, 0.5) is 5.95 Å². The first-order valence-corrected chi connectivity index (χ1v) is 6.07. The molecule has 0 radical (unpaired) electrons. The normalized spacial score (nSPS) is 9.68. The third-order valence-electron chi connectivity index (χ3n) is 2.39. The number of nitrogens with one attached hydrogen (secondary N) is 1. The SMILES string of the molecule is CCCNc1nccc(Oc2ccccc2C#N)n1. The van der Waals surface area contributed by atoms with Crippen LogP contribution in [0.1, 0.15) is 18.9 Å². The first-order valence-electron chi connectivity index (χ1n) is 6.07. The average Bonchev–Trinajstić information content (AvgIpc) is 2.46. The van der Waals surface area contributed by atoms with Crippen LogP contribution in [0.2, 0.25) is 0 Å². The summed E-state index contributed by atoms with van der Waals surface area (Å²) in [5, 5.41) is 12.1. The molecule has 1 aromatic carbocycles. The maximum atomic E-state index is 8.99. The first-order chi connectivity index (χ1) is 9.33. The van der Waals surface area contributed by atoms with E-state index in [0.29, 0.717) is 23.1 Å². The van der Waals surface area contributed by atoms with E-state index in [0.717, 1.165) is 13.0 Å². The predicted molar refractivity (Wildman–Crippen MR) is 72.0 cm³/mol. The molecule has 1 heterocycles. The van der Waals surface area contributed by atoms with Crippen LogP contribution in [0.25, 0.3) is 0 Å². The summed E-state index contributed by atoms with van der Waals surface area (Å²) in [4.78, 5) is 8.32. The van der Waals surface area contributed by atoms with E-state index in [-0.39, 0.29) is 0 Å². The second-order valence-corrected chi connectivity index (χ2v) is 3.86. The summed E-state index contributed by atoms with van der Waals surface area (Å²) in [7, 11) is 0. The van der Waals surface area contributed by atoms with Crippen LogP contribution >= 0.6 is 0 Å². The van der Waals surface area contributed by atoms with Crippen molar-refractivity contribution in [1.82, 2.24) is 9.97 Å². The van der Waals surface area contributed by atoms with Crippen LogP contribution in [0.5, 0.6) is 11.6 Å². The molecule has 5 heteroatoms. The summed E-state index contributed by atoms with van der Waals surface area (Å²) in [6, 6.07) is 10.8. The predicted octanol–water partition coefficient (Wildman–Crippen LogP) is 2.96. The van der Waals surface area contributed by atoms with Crippen LogP contribution in [0.3, 0.4) is 0 Å². The number of hydrogen-bond donors (Lipinski definition) is 1.